The highest BCUT2D eigenvalue weighted by Crippen LogP contribution is 2.39. The molecule has 100 valence electrons. The Balaban J connectivity index is 2.10. The van der Waals surface area contributed by atoms with E-state index in [2.05, 4.69) is 47.5 Å². The van der Waals surface area contributed by atoms with Crippen molar-refractivity contribution in [3.05, 3.63) is 35.0 Å². The third-order valence-electron chi connectivity index (χ3n) is 3.59. The third kappa shape index (κ3) is 1.90. The lowest BCUT2D eigenvalue weighted by atomic mass is 10.1. The Labute approximate surface area is 134 Å². The minimum Gasteiger partial charge on any atom is -0.143 e. The zero-order valence-electron chi connectivity index (χ0n) is 11.1. The molecule has 0 spiro atoms. The topological polar surface area (TPSA) is 0 Å². The van der Waals surface area contributed by atoms with Gasteiger partial charge in [-0.05, 0) is 47.5 Å². The maximum absolute atomic E-state index is 2.35. The lowest BCUT2D eigenvalue weighted by molar-refractivity contribution is 1.67. The van der Waals surface area contributed by atoms with Gasteiger partial charge in [0.05, 0.1) is 0 Å². The largest absolute Gasteiger partial charge is 0.143 e. The van der Waals surface area contributed by atoms with E-state index in [0.29, 0.717) is 0 Å². The quantitative estimate of drug-likeness (QED) is 0.374. The Morgan fingerprint density at radius 2 is 1.15 bits per heavy atom. The second kappa shape index (κ2) is 4.95. The highest BCUT2D eigenvalue weighted by atomic mass is 32.2. The summed E-state index contributed by atoms with van der Waals surface area (Å²) < 4.78 is 2.78. The van der Waals surface area contributed by atoms with E-state index in [0.717, 1.165) is 0 Å². The predicted molar refractivity (Wildman–Crippen MR) is 98.3 cm³/mol. The Kier molecular flexibility index (Phi) is 3.22. The first-order valence-corrected chi connectivity index (χ1v) is 10.4. The van der Waals surface area contributed by atoms with Crippen molar-refractivity contribution in [2.24, 2.45) is 0 Å². The lowest BCUT2D eigenvalue weighted by Gasteiger charge is -2.02. The van der Waals surface area contributed by atoms with E-state index in [1.54, 1.807) is 0 Å². The van der Waals surface area contributed by atoms with Gasteiger partial charge >= 0.3 is 0 Å². The van der Waals surface area contributed by atoms with Crippen molar-refractivity contribution < 1.29 is 0 Å². The van der Waals surface area contributed by atoms with Crippen molar-refractivity contribution in [2.45, 2.75) is 9.79 Å². The van der Waals surface area contributed by atoms with E-state index in [1.807, 2.05) is 46.2 Å². The first kappa shape index (κ1) is 13.0. The van der Waals surface area contributed by atoms with Crippen LogP contribution >= 0.6 is 46.2 Å². The van der Waals surface area contributed by atoms with Gasteiger partial charge < -0.3 is 0 Å². The summed E-state index contributed by atoms with van der Waals surface area (Å²) in [5.41, 5.74) is 0. The van der Waals surface area contributed by atoms with Gasteiger partial charge in [-0.3, -0.25) is 0 Å². The van der Waals surface area contributed by atoms with Crippen LogP contribution in [0.3, 0.4) is 0 Å². The Bertz CT molecular complexity index is 852. The Hall–Kier alpha value is -0.680. The van der Waals surface area contributed by atoms with Crippen molar-refractivity contribution in [2.75, 3.05) is 12.5 Å². The molecule has 0 radical (unpaired) electrons. The van der Waals surface area contributed by atoms with Gasteiger partial charge in [-0.25, -0.2) is 0 Å². The Morgan fingerprint density at radius 3 is 1.55 bits per heavy atom. The van der Waals surface area contributed by atoms with Crippen molar-refractivity contribution in [1.29, 1.82) is 0 Å². The van der Waals surface area contributed by atoms with Crippen molar-refractivity contribution in [1.82, 2.24) is 0 Å². The highest BCUT2D eigenvalue weighted by molar-refractivity contribution is 7.99. The van der Waals surface area contributed by atoms with Crippen LogP contribution in [0.2, 0.25) is 0 Å². The summed E-state index contributed by atoms with van der Waals surface area (Å²) in [6.45, 7) is 0. The molecule has 0 aliphatic carbocycles. The molecule has 2 aromatic carbocycles. The fraction of sp³-hybridized carbons (Fsp3) is 0.125. The average molecular weight is 333 g/mol. The van der Waals surface area contributed by atoms with Crippen molar-refractivity contribution >= 4 is 77.1 Å². The minimum absolute atomic E-state index is 1.35. The summed E-state index contributed by atoms with van der Waals surface area (Å²) in [5, 5.41) is 10.0. The van der Waals surface area contributed by atoms with Gasteiger partial charge in [0.1, 0.15) is 0 Å². The van der Waals surface area contributed by atoms with Gasteiger partial charge in [0.15, 0.2) is 0 Å². The molecule has 20 heavy (non-hydrogen) atoms. The number of benzene rings is 2. The molecule has 4 heteroatoms. The standard InChI is InChI=1S/C16H12S4/c1-17-15-7-19-13-5-10-4-12-14(20-8-16(12)18-2)6-9(10)3-11(13)15/h3-8H,1-2H3. The zero-order chi connectivity index (χ0) is 13.7. The van der Waals surface area contributed by atoms with Crippen LogP contribution in [0.4, 0.5) is 0 Å². The molecular weight excluding hydrogens is 320 g/mol. The van der Waals surface area contributed by atoms with Crippen LogP contribution in [-0.4, -0.2) is 12.5 Å². The molecule has 0 unspecified atom stereocenters. The van der Waals surface area contributed by atoms with Crippen LogP contribution in [-0.2, 0) is 0 Å². The van der Waals surface area contributed by atoms with E-state index in [1.165, 1.54) is 40.7 Å². The molecule has 2 heterocycles. The van der Waals surface area contributed by atoms with E-state index in [-0.39, 0.29) is 0 Å². The first-order chi connectivity index (χ1) is 9.80. The summed E-state index contributed by atoms with van der Waals surface area (Å²) >= 11 is 7.36. The van der Waals surface area contributed by atoms with Crippen molar-refractivity contribution in [3.63, 3.8) is 0 Å². The highest BCUT2D eigenvalue weighted by Gasteiger charge is 2.08. The van der Waals surface area contributed by atoms with E-state index >= 15 is 0 Å². The first-order valence-electron chi connectivity index (χ1n) is 6.24. The van der Waals surface area contributed by atoms with Crippen LogP contribution in [0.25, 0.3) is 30.9 Å². The van der Waals surface area contributed by atoms with Gasteiger partial charge in [0.25, 0.3) is 0 Å². The number of hydrogen-bond acceptors (Lipinski definition) is 4. The van der Waals surface area contributed by atoms with Gasteiger partial charge in [-0.2, -0.15) is 0 Å². The maximum atomic E-state index is 2.35. The molecule has 0 saturated heterocycles. The van der Waals surface area contributed by atoms with E-state index < -0.39 is 0 Å². The number of thiophene rings is 2. The fourth-order valence-corrected chi connectivity index (χ4v) is 6.23. The van der Waals surface area contributed by atoms with E-state index in [4.69, 9.17) is 0 Å². The van der Waals surface area contributed by atoms with Crippen LogP contribution in [0.15, 0.2) is 44.8 Å². The molecule has 0 atom stereocenters. The fourth-order valence-electron chi connectivity index (χ4n) is 2.57. The van der Waals surface area contributed by atoms with E-state index in [9.17, 15) is 0 Å². The smallest absolute Gasteiger partial charge is 0.0360 e. The van der Waals surface area contributed by atoms with Crippen LogP contribution in [0.5, 0.6) is 0 Å². The monoisotopic (exact) mass is 332 g/mol. The molecule has 0 saturated carbocycles. The van der Waals surface area contributed by atoms with Crippen molar-refractivity contribution in [3.8, 4) is 0 Å². The van der Waals surface area contributed by atoms with Gasteiger partial charge in [-0.1, -0.05) is 0 Å². The minimum atomic E-state index is 1.35. The zero-order valence-corrected chi connectivity index (χ0v) is 14.4. The molecule has 4 rings (SSSR count). The lowest BCUT2D eigenvalue weighted by Crippen LogP contribution is -1.75. The number of thioether (sulfide) groups is 2. The molecule has 2 aromatic heterocycles. The Morgan fingerprint density at radius 1 is 0.700 bits per heavy atom. The molecule has 0 fully saturated rings. The molecule has 0 N–H and O–H groups in total. The van der Waals surface area contributed by atoms with Gasteiger partial charge in [0, 0.05) is 40.7 Å². The maximum Gasteiger partial charge on any atom is 0.0360 e. The summed E-state index contributed by atoms with van der Waals surface area (Å²) in [6, 6.07) is 9.39. The van der Waals surface area contributed by atoms with Crippen LogP contribution in [0, 0.1) is 0 Å². The number of fused-ring (bicyclic) bond motifs is 3. The molecule has 0 aliphatic heterocycles. The summed E-state index contributed by atoms with van der Waals surface area (Å²) in [6.07, 6.45) is 4.30. The predicted octanol–water partition coefficient (Wildman–Crippen LogP) is 6.71. The normalized spacial score (nSPS) is 11.9. The molecular formula is C16H12S4. The van der Waals surface area contributed by atoms with Gasteiger partial charge in [-0.15, -0.1) is 46.2 Å². The average Bonchev–Trinajstić information content (AvgIpc) is 3.05. The molecule has 0 aliphatic rings. The molecule has 0 amide bonds. The second-order valence-electron chi connectivity index (χ2n) is 4.65. The summed E-state index contributed by atoms with van der Waals surface area (Å²) in [7, 11) is 0. The molecule has 4 aromatic rings. The van der Waals surface area contributed by atoms with Crippen LogP contribution in [0.1, 0.15) is 0 Å². The van der Waals surface area contributed by atoms with Gasteiger partial charge in [0.2, 0.25) is 0 Å². The van der Waals surface area contributed by atoms with Crippen LogP contribution < -0.4 is 0 Å². The number of hydrogen-bond donors (Lipinski definition) is 0. The summed E-state index contributed by atoms with van der Waals surface area (Å²) in [5.74, 6) is 0. The molecule has 0 bridgehead atoms. The third-order valence-corrected chi connectivity index (χ3v) is 7.34. The molecule has 0 nitrogen and oxygen atoms in total. The number of rotatable bonds is 2. The second-order valence-corrected chi connectivity index (χ2v) is 8.17. The SMILES string of the molecule is CSc1csc2cc3cc4c(SC)csc4cc3cc12. The summed E-state index contributed by atoms with van der Waals surface area (Å²) in [4.78, 5) is 2.78.